The van der Waals surface area contributed by atoms with Crippen LogP contribution in [0.25, 0.3) is 0 Å². The van der Waals surface area contributed by atoms with Crippen molar-refractivity contribution in [1.29, 1.82) is 0 Å². The highest BCUT2D eigenvalue weighted by atomic mass is 16.3. The lowest BCUT2D eigenvalue weighted by atomic mass is 9.66. The molecule has 1 fully saturated rings. The number of amides is 1. The number of fused-ring (bicyclic) bond motifs is 1. The van der Waals surface area contributed by atoms with Gasteiger partial charge in [0, 0.05) is 29.8 Å². The number of carbonyl (C=O) groups excluding carboxylic acids is 1. The Bertz CT molecular complexity index is 710. The summed E-state index contributed by atoms with van der Waals surface area (Å²) in [7, 11) is 0. The molecule has 0 aromatic rings. The highest BCUT2D eigenvalue weighted by Gasteiger charge is 2.40. The maximum absolute atomic E-state index is 12.8. The summed E-state index contributed by atoms with van der Waals surface area (Å²) >= 11 is 0. The van der Waals surface area contributed by atoms with E-state index in [1.807, 2.05) is 12.2 Å². The largest absolute Gasteiger partial charge is 0.390 e. The van der Waals surface area contributed by atoms with Crippen LogP contribution in [0.4, 0.5) is 0 Å². The molecule has 3 rings (SSSR count). The van der Waals surface area contributed by atoms with Crippen LogP contribution < -0.4 is 10.6 Å². The minimum absolute atomic E-state index is 0.0405. The van der Waals surface area contributed by atoms with Gasteiger partial charge in [-0.25, -0.2) is 0 Å². The minimum Gasteiger partial charge on any atom is -0.390 e. The Morgan fingerprint density at radius 3 is 2.67 bits per heavy atom. The number of nitrogens with zero attached hydrogens (tertiary/aromatic N) is 1. The highest BCUT2D eigenvalue weighted by Crippen LogP contribution is 2.44. The molecule has 2 atom stereocenters. The number of allylic oxidation sites excluding steroid dienone is 2. The number of rotatable bonds is 8. The maximum Gasteiger partial charge on any atom is 0.251 e. The van der Waals surface area contributed by atoms with Crippen LogP contribution in [0.5, 0.6) is 0 Å². The van der Waals surface area contributed by atoms with E-state index >= 15 is 0 Å². The van der Waals surface area contributed by atoms with E-state index in [4.69, 9.17) is 4.99 Å². The summed E-state index contributed by atoms with van der Waals surface area (Å²) in [6.07, 6.45) is 12.1. The minimum atomic E-state index is -0.768. The molecule has 5 nitrogen and oxygen atoms in total. The number of carbonyl (C=O) groups is 1. The molecule has 1 aliphatic carbocycles. The Hall–Kier alpha value is -1.46. The third-order valence-corrected chi connectivity index (χ3v) is 7.37. The number of hydrogen-bond acceptors (Lipinski definition) is 4. The summed E-state index contributed by atoms with van der Waals surface area (Å²) < 4.78 is 0. The van der Waals surface area contributed by atoms with Crippen molar-refractivity contribution >= 4 is 11.6 Å². The van der Waals surface area contributed by atoms with Gasteiger partial charge in [-0.05, 0) is 95.5 Å². The molecule has 2 aliphatic heterocycles. The predicted molar refractivity (Wildman–Crippen MR) is 124 cm³/mol. The summed E-state index contributed by atoms with van der Waals surface area (Å²) in [5.41, 5.74) is 2.11. The van der Waals surface area contributed by atoms with Crippen LogP contribution in [0, 0.1) is 17.3 Å². The van der Waals surface area contributed by atoms with Crippen molar-refractivity contribution in [3.8, 4) is 0 Å². The summed E-state index contributed by atoms with van der Waals surface area (Å²) in [6.45, 7) is 11.6. The van der Waals surface area contributed by atoms with Gasteiger partial charge >= 0.3 is 0 Å². The van der Waals surface area contributed by atoms with Gasteiger partial charge in [-0.3, -0.25) is 9.79 Å². The predicted octanol–water partition coefficient (Wildman–Crippen LogP) is 3.79. The Morgan fingerprint density at radius 2 is 1.97 bits per heavy atom. The Labute approximate surface area is 182 Å². The molecule has 2 unspecified atom stereocenters. The molecule has 1 saturated heterocycles. The lowest BCUT2D eigenvalue weighted by Gasteiger charge is -2.41. The zero-order valence-corrected chi connectivity index (χ0v) is 19.4. The first-order chi connectivity index (χ1) is 14.2. The van der Waals surface area contributed by atoms with Crippen molar-refractivity contribution in [3.63, 3.8) is 0 Å². The van der Waals surface area contributed by atoms with Gasteiger partial charge in [0.05, 0.1) is 5.60 Å². The van der Waals surface area contributed by atoms with Crippen LogP contribution in [-0.4, -0.2) is 48.5 Å². The second kappa shape index (κ2) is 9.78. The molecular formula is C25H41N3O2. The lowest BCUT2D eigenvalue weighted by Crippen LogP contribution is -2.40. The molecule has 3 aliphatic rings. The zero-order chi connectivity index (χ0) is 21.8. The molecule has 2 heterocycles. The van der Waals surface area contributed by atoms with E-state index in [1.165, 1.54) is 45.2 Å². The van der Waals surface area contributed by atoms with Crippen molar-refractivity contribution < 1.29 is 9.90 Å². The Balaban J connectivity index is 1.58. The second-order valence-corrected chi connectivity index (χ2v) is 10.4. The molecular weight excluding hydrogens is 374 g/mol. The molecule has 3 N–H and O–H groups in total. The summed E-state index contributed by atoms with van der Waals surface area (Å²) in [4.78, 5) is 17.7. The van der Waals surface area contributed by atoms with E-state index in [0.29, 0.717) is 18.9 Å². The van der Waals surface area contributed by atoms with Gasteiger partial charge in [-0.15, -0.1) is 0 Å². The fraction of sp³-hybridized carbons (Fsp3) is 0.760. The molecule has 0 aromatic carbocycles. The van der Waals surface area contributed by atoms with Gasteiger partial charge in [-0.1, -0.05) is 19.8 Å². The van der Waals surface area contributed by atoms with Gasteiger partial charge in [0.25, 0.3) is 5.91 Å². The molecule has 0 saturated carbocycles. The third kappa shape index (κ3) is 5.82. The standard InChI is InChI=1S/C25H41N3O2/c1-18-21(23(29)27-15-12-24(2,3)30)8-9-22-25(18,4)16-20(17-28-22)7-5-6-19-10-13-26-14-11-19/h8-9,19-20,26,30H,5-7,10-17H2,1-4H3,(H,27,29). The quantitative estimate of drug-likeness (QED) is 0.565. The highest BCUT2D eigenvalue weighted by molar-refractivity contribution is 6.09. The topological polar surface area (TPSA) is 73.7 Å². The molecule has 0 bridgehead atoms. The maximum atomic E-state index is 12.8. The third-order valence-electron chi connectivity index (χ3n) is 7.37. The van der Waals surface area contributed by atoms with Crippen LogP contribution >= 0.6 is 0 Å². The average molecular weight is 416 g/mol. The fourth-order valence-corrected chi connectivity index (χ4v) is 5.20. The molecule has 1 amide bonds. The van der Waals surface area contributed by atoms with Gasteiger partial charge in [-0.2, -0.15) is 0 Å². The molecule has 0 spiro atoms. The molecule has 5 heteroatoms. The van der Waals surface area contributed by atoms with E-state index < -0.39 is 5.60 Å². The number of aliphatic hydroxyl groups is 1. The molecule has 0 radical (unpaired) electrons. The van der Waals surface area contributed by atoms with Crippen LogP contribution in [0.2, 0.25) is 0 Å². The first-order valence-electron chi connectivity index (χ1n) is 11.8. The van der Waals surface area contributed by atoms with E-state index in [9.17, 15) is 9.90 Å². The van der Waals surface area contributed by atoms with Crippen molar-refractivity contribution in [1.82, 2.24) is 10.6 Å². The first kappa shape index (κ1) is 23.2. The van der Waals surface area contributed by atoms with Crippen LogP contribution in [0.1, 0.15) is 72.6 Å². The Morgan fingerprint density at radius 1 is 1.27 bits per heavy atom. The van der Waals surface area contributed by atoms with Crippen LogP contribution in [-0.2, 0) is 4.79 Å². The fourth-order valence-electron chi connectivity index (χ4n) is 5.20. The van der Waals surface area contributed by atoms with Crippen molar-refractivity contribution in [2.24, 2.45) is 22.2 Å². The molecule has 30 heavy (non-hydrogen) atoms. The van der Waals surface area contributed by atoms with Gasteiger partial charge in [0.1, 0.15) is 0 Å². The Kier molecular flexibility index (Phi) is 7.56. The van der Waals surface area contributed by atoms with Gasteiger partial charge < -0.3 is 15.7 Å². The van der Waals surface area contributed by atoms with E-state index in [1.54, 1.807) is 13.8 Å². The van der Waals surface area contributed by atoms with E-state index in [0.717, 1.165) is 35.7 Å². The van der Waals surface area contributed by atoms with Crippen molar-refractivity contribution in [3.05, 3.63) is 23.3 Å². The van der Waals surface area contributed by atoms with Crippen LogP contribution in [0.3, 0.4) is 0 Å². The summed E-state index contributed by atoms with van der Waals surface area (Å²) in [5, 5.41) is 16.3. The SMILES string of the molecule is CC1=C(C(=O)NCCC(C)(C)O)C=CC2=NCC(CCCC3CCNCC3)CC21C. The first-order valence-corrected chi connectivity index (χ1v) is 11.8. The van der Waals surface area contributed by atoms with Crippen molar-refractivity contribution in [2.45, 2.75) is 78.2 Å². The second-order valence-electron chi connectivity index (χ2n) is 10.4. The van der Waals surface area contributed by atoms with Crippen LogP contribution in [0.15, 0.2) is 28.3 Å². The van der Waals surface area contributed by atoms with Crippen molar-refractivity contribution in [2.75, 3.05) is 26.2 Å². The zero-order valence-electron chi connectivity index (χ0n) is 19.4. The molecule has 0 aromatic heterocycles. The smallest absolute Gasteiger partial charge is 0.251 e. The van der Waals surface area contributed by atoms with E-state index in [2.05, 4.69) is 24.5 Å². The molecule has 168 valence electrons. The van der Waals surface area contributed by atoms with Gasteiger partial charge in [0.15, 0.2) is 0 Å². The number of aliphatic imine (C=N–C) groups is 1. The number of nitrogens with one attached hydrogen (secondary N) is 2. The average Bonchev–Trinajstić information content (AvgIpc) is 2.68. The van der Waals surface area contributed by atoms with Gasteiger partial charge in [0.2, 0.25) is 0 Å². The van der Waals surface area contributed by atoms with E-state index in [-0.39, 0.29) is 11.3 Å². The summed E-state index contributed by atoms with van der Waals surface area (Å²) in [6, 6.07) is 0. The summed E-state index contributed by atoms with van der Waals surface area (Å²) in [5.74, 6) is 1.45. The lowest BCUT2D eigenvalue weighted by molar-refractivity contribution is -0.117. The monoisotopic (exact) mass is 415 g/mol. The normalized spacial score (nSPS) is 27.6. The number of piperidine rings is 1. The number of hydrogen-bond donors (Lipinski definition) is 3.